The molecule has 5 heteroatoms. The summed E-state index contributed by atoms with van der Waals surface area (Å²) in [6.07, 6.45) is 0.559. The van der Waals surface area contributed by atoms with Crippen molar-refractivity contribution in [2.45, 2.75) is 6.42 Å². The van der Waals surface area contributed by atoms with Crippen LogP contribution in [0.25, 0.3) is 11.4 Å². The number of methoxy groups -OCH3 is 1. The molecule has 0 aliphatic carbocycles. The lowest BCUT2D eigenvalue weighted by Crippen LogP contribution is -1.91. The second-order valence-corrected chi connectivity index (χ2v) is 4.31. The van der Waals surface area contributed by atoms with Gasteiger partial charge in [0.05, 0.1) is 12.8 Å². The summed E-state index contributed by atoms with van der Waals surface area (Å²) in [6.45, 7) is 0.100. The third-order valence-corrected chi connectivity index (χ3v) is 3.11. The quantitative estimate of drug-likeness (QED) is 0.911. The van der Waals surface area contributed by atoms with E-state index < -0.39 is 0 Å². The second-order valence-electron chi connectivity index (χ2n) is 3.56. The van der Waals surface area contributed by atoms with E-state index in [9.17, 15) is 0 Å². The van der Waals surface area contributed by atoms with Crippen LogP contribution in [0.1, 0.15) is 5.69 Å². The first-order valence-corrected chi connectivity index (χ1v) is 6.03. The summed E-state index contributed by atoms with van der Waals surface area (Å²) in [6, 6.07) is 7.65. The third kappa shape index (κ3) is 2.68. The molecular formula is C12H13BrN2O2. The van der Waals surface area contributed by atoms with E-state index in [-0.39, 0.29) is 6.61 Å². The Morgan fingerprint density at radius 2 is 2.06 bits per heavy atom. The molecule has 0 spiro atoms. The highest BCUT2D eigenvalue weighted by atomic mass is 79.9. The van der Waals surface area contributed by atoms with Crippen molar-refractivity contribution >= 4 is 15.9 Å². The molecule has 0 amide bonds. The van der Waals surface area contributed by atoms with Crippen LogP contribution in [-0.4, -0.2) is 28.8 Å². The van der Waals surface area contributed by atoms with Crippen LogP contribution in [-0.2, 0) is 6.42 Å². The van der Waals surface area contributed by atoms with Gasteiger partial charge in [-0.25, -0.2) is 4.98 Å². The Labute approximate surface area is 108 Å². The van der Waals surface area contributed by atoms with E-state index in [0.717, 1.165) is 27.4 Å². The van der Waals surface area contributed by atoms with E-state index in [1.165, 1.54) is 0 Å². The van der Waals surface area contributed by atoms with Crippen LogP contribution >= 0.6 is 15.9 Å². The molecule has 0 bridgehead atoms. The fraction of sp³-hybridized carbons (Fsp3) is 0.250. The van der Waals surface area contributed by atoms with Gasteiger partial charge in [0, 0.05) is 18.6 Å². The van der Waals surface area contributed by atoms with Gasteiger partial charge in [-0.05, 0) is 40.2 Å². The van der Waals surface area contributed by atoms with Crippen molar-refractivity contribution in [3.63, 3.8) is 0 Å². The molecule has 0 fully saturated rings. The molecule has 2 aromatic rings. The van der Waals surface area contributed by atoms with Crippen LogP contribution in [0.5, 0.6) is 5.75 Å². The molecule has 0 saturated heterocycles. The van der Waals surface area contributed by atoms with Crippen LogP contribution in [0.2, 0.25) is 0 Å². The first kappa shape index (κ1) is 12.1. The van der Waals surface area contributed by atoms with Crippen molar-refractivity contribution in [1.82, 2.24) is 9.97 Å². The summed E-state index contributed by atoms with van der Waals surface area (Å²) in [5.74, 6) is 1.60. The van der Waals surface area contributed by atoms with Gasteiger partial charge in [-0.1, -0.05) is 0 Å². The number of aliphatic hydroxyl groups is 1. The zero-order valence-corrected chi connectivity index (χ0v) is 11.0. The molecule has 1 aromatic heterocycles. The van der Waals surface area contributed by atoms with E-state index in [2.05, 4.69) is 25.9 Å². The summed E-state index contributed by atoms with van der Waals surface area (Å²) in [4.78, 5) is 7.54. The summed E-state index contributed by atoms with van der Waals surface area (Å²) in [5, 5.41) is 8.91. The maximum atomic E-state index is 8.91. The molecular weight excluding hydrogens is 284 g/mol. The minimum absolute atomic E-state index is 0.100. The predicted molar refractivity (Wildman–Crippen MR) is 69.1 cm³/mol. The number of aromatic nitrogens is 2. The van der Waals surface area contributed by atoms with Crippen LogP contribution in [0, 0.1) is 0 Å². The minimum Gasteiger partial charge on any atom is -0.497 e. The SMILES string of the molecule is COc1ccc(-c2nc(Br)c(CCO)[nH]2)cc1. The van der Waals surface area contributed by atoms with Crippen LogP contribution in [0.15, 0.2) is 28.9 Å². The van der Waals surface area contributed by atoms with Gasteiger partial charge in [-0.15, -0.1) is 0 Å². The smallest absolute Gasteiger partial charge is 0.138 e. The molecule has 1 heterocycles. The summed E-state index contributed by atoms with van der Waals surface area (Å²) < 4.78 is 5.85. The second kappa shape index (κ2) is 5.33. The van der Waals surface area contributed by atoms with Crippen molar-refractivity contribution in [2.24, 2.45) is 0 Å². The molecule has 0 saturated carbocycles. The number of hydrogen-bond donors (Lipinski definition) is 2. The summed E-state index contributed by atoms with van der Waals surface area (Å²) in [5.41, 5.74) is 1.88. The maximum absolute atomic E-state index is 8.91. The third-order valence-electron chi connectivity index (χ3n) is 2.45. The molecule has 17 heavy (non-hydrogen) atoms. The highest BCUT2D eigenvalue weighted by Crippen LogP contribution is 2.23. The Hall–Kier alpha value is -1.33. The Morgan fingerprint density at radius 3 is 2.65 bits per heavy atom. The number of aromatic amines is 1. The Morgan fingerprint density at radius 1 is 1.35 bits per heavy atom. The number of benzene rings is 1. The Bertz CT molecular complexity index is 494. The number of ether oxygens (including phenoxy) is 1. The van der Waals surface area contributed by atoms with Gasteiger partial charge in [0.25, 0.3) is 0 Å². The van der Waals surface area contributed by atoms with Gasteiger partial charge in [-0.2, -0.15) is 0 Å². The van der Waals surface area contributed by atoms with Crippen LogP contribution in [0.4, 0.5) is 0 Å². The van der Waals surface area contributed by atoms with E-state index in [1.54, 1.807) is 7.11 Å². The van der Waals surface area contributed by atoms with E-state index in [4.69, 9.17) is 9.84 Å². The lowest BCUT2D eigenvalue weighted by atomic mass is 10.2. The molecule has 4 nitrogen and oxygen atoms in total. The molecule has 0 atom stereocenters. The monoisotopic (exact) mass is 296 g/mol. The molecule has 2 N–H and O–H groups in total. The minimum atomic E-state index is 0.100. The summed E-state index contributed by atoms with van der Waals surface area (Å²) in [7, 11) is 1.64. The number of nitrogens with zero attached hydrogens (tertiary/aromatic N) is 1. The van der Waals surface area contributed by atoms with Crippen molar-refractivity contribution in [1.29, 1.82) is 0 Å². The van der Waals surface area contributed by atoms with E-state index in [1.807, 2.05) is 24.3 Å². The fourth-order valence-electron chi connectivity index (χ4n) is 1.55. The zero-order valence-electron chi connectivity index (χ0n) is 9.40. The van der Waals surface area contributed by atoms with Crippen LogP contribution in [0.3, 0.4) is 0 Å². The van der Waals surface area contributed by atoms with Gasteiger partial charge in [0.1, 0.15) is 16.2 Å². The number of aliphatic hydroxyl groups excluding tert-OH is 1. The van der Waals surface area contributed by atoms with Gasteiger partial charge >= 0.3 is 0 Å². The average molecular weight is 297 g/mol. The van der Waals surface area contributed by atoms with Crippen molar-refractivity contribution in [2.75, 3.05) is 13.7 Å². The van der Waals surface area contributed by atoms with Crippen molar-refractivity contribution < 1.29 is 9.84 Å². The topological polar surface area (TPSA) is 58.1 Å². The number of H-pyrrole nitrogens is 1. The fourth-order valence-corrected chi connectivity index (χ4v) is 2.03. The first-order chi connectivity index (χ1) is 8.24. The standard InChI is InChI=1S/C12H13BrN2O2/c1-17-9-4-2-8(3-5-9)12-14-10(6-7-16)11(13)15-12/h2-5,16H,6-7H2,1H3,(H,14,15). The maximum Gasteiger partial charge on any atom is 0.138 e. The summed E-state index contributed by atoms with van der Waals surface area (Å²) >= 11 is 3.37. The van der Waals surface area contributed by atoms with Gasteiger partial charge in [0.2, 0.25) is 0 Å². The molecule has 0 aliphatic heterocycles. The number of nitrogens with one attached hydrogen (secondary N) is 1. The number of halogens is 1. The molecule has 90 valence electrons. The zero-order chi connectivity index (χ0) is 12.3. The van der Waals surface area contributed by atoms with Gasteiger partial charge < -0.3 is 14.8 Å². The normalized spacial score (nSPS) is 10.5. The molecule has 1 aromatic carbocycles. The lowest BCUT2D eigenvalue weighted by Gasteiger charge is -2.00. The van der Waals surface area contributed by atoms with Gasteiger partial charge in [0.15, 0.2) is 0 Å². The highest BCUT2D eigenvalue weighted by molar-refractivity contribution is 9.10. The van der Waals surface area contributed by atoms with Gasteiger partial charge in [-0.3, -0.25) is 0 Å². The molecule has 0 aliphatic rings. The first-order valence-electron chi connectivity index (χ1n) is 5.24. The number of imidazole rings is 1. The van der Waals surface area contributed by atoms with Crippen molar-refractivity contribution in [3.8, 4) is 17.1 Å². The lowest BCUT2D eigenvalue weighted by molar-refractivity contribution is 0.298. The Balaban J connectivity index is 2.29. The average Bonchev–Trinajstić information content (AvgIpc) is 2.72. The van der Waals surface area contributed by atoms with E-state index >= 15 is 0 Å². The number of rotatable bonds is 4. The van der Waals surface area contributed by atoms with Crippen LogP contribution < -0.4 is 4.74 Å². The molecule has 0 radical (unpaired) electrons. The molecule has 2 rings (SSSR count). The number of hydrogen-bond acceptors (Lipinski definition) is 3. The largest absolute Gasteiger partial charge is 0.497 e. The highest BCUT2D eigenvalue weighted by Gasteiger charge is 2.08. The predicted octanol–water partition coefficient (Wildman–Crippen LogP) is 2.38. The van der Waals surface area contributed by atoms with E-state index in [0.29, 0.717) is 6.42 Å². The van der Waals surface area contributed by atoms with Crippen molar-refractivity contribution in [3.05, 3.63) is 34.6 Å². The molecule has 0 unspecified atom stereocenters. The Kier molecular flexibility index (Phi) is 3.81.